The van der Waals surface area contributed by atoms with Gasteiger partial charge in [-0.05, 0) is 30.2 Å². The highest BCUT2D eigenvalue weighted by Gasteiger charge is 2.20. The second-order valence-corrected chi connectivity index (χ2v) is 7.76. The predicted molar refractivity (Wildman–Crippen MR) is 115 cm³/mol. The fourth-order valence-corrected chi connectivity index (χ4v) is 4.39. The van der Waals surface area contributed by atoms with Crippen molar-refractivity contribution >= 4 is 28.6 Å². The molecule has 1 saturated heterocycles. The topological polar surface area (TPSA) is 64.4 Å². The van der Waals surface area contributed by atoms with Crippen molar-refractivity contribution in [3.05, 3.63) is 64.4 Å². The van der Waals surface area contributed by atoms with Gasteiger partial charge < -0.3 is 9.64 Å². The van der Waals surface area contributed by atoms with Crippen molar-refractivity contribution in [1.29, 1.82) is 0 Å². The molecule has 4 rings (SSSR count). The molecule has 1 aromatic heterocycles. The molecule has 0 spiro atoms. The van der Waals surface area contributed by atoms with Gasteiger partial charge in [-0.2, -0.15) is 0 Å². The summed E-state index contributed by atoms with van der Waals surface area (Å²) in [5.74, 6) is 0.273. The van der Waals surface area contributed by atoms with Gasteiger partial charge in [-0.3, -0.25) is 14.2 Å². The molecule has 1 aliphatic heterocycles. The Hall–Kier alpha value is -2.64. The summed E-state index contributed by atoms with van der Waals surface area (Å²) in [6.07, 6.45) is 0.798. The number of rotatable bonds is 5. The lowest BCUT2D eigenvalue weighted by atomic mass is 10.1. The van der Waals surface area contributed by atoms with Crippen LogP contribution in [0, 0.1) is 0 Å². The molecule has 7 heteroatoms. The first-order chi connectivity index (χ1) is 14.2. The summed E-state index contributed by atoms with van der Waals surface area (Å²) in [6, 6.07) is 15.2. The van der Waals surface area contributed by atoms with Crippen molar-refractivity contribution in [3.8, 4) is 5.69 Å². The molecule has 0 unspecified atom stereocenters. The predicted octanol–water partition coefficient (Wildman–Crippen LogP) is 2.90. The number of carbonyl (C=O) groups is 1. The van der Waals surface area contributed by atoms with Gasteiger partial charge in [0.15, 0.2) is 5.16 Å². The minimum absolute atomic E-state index is 0.0380. The van der Waals surface area contributed by atoms with E-state index >= 15 is 0 Å². The monoisotopic (exact) mass is 409 g/mol. The molecule has 3 aromatic rings. The fourth-order valence-electron chi connectivity index (χ4n) is 3.48. The van der Waals surface area contributed by atoms with Crippen LogP contribution in [0.1, 0.15) is 12.5 Å². The molecule has 2 aromatic carbocycles. The minimum atomic E-state index is -0.113. The van der Waals surface area contributed by atoms with Gasteiger partial charge in [-0.25, -0.2) is 4.98 Å². The van der Waals surface area contributed by atoms with E-state index in [9.17, 15) is 9.59 Å². The Morgan fingerprint density at radius 2 is 1.83 bits per heavy atom. The van der Waals surface area contributed by atoms with Gasteiger partial charge in [-0.1, -0.05) is 49.0 Å². The number of para-hydroxylation sites is 2. The average Bonchev–Trinajstić information content (AvgIpc) is 2.78. The summed E-state index contributed by atoms with van der Waals surface area (Å²) in [7, 11) is 0. The molecule has 0 atom stereocenters. The molecular formula is C22H23N3O3S. The van der Waals surface area contributed by atoms with Crippen LogP contribution < -0.4 is 5.56 Å². The molecule has 0 N–H and O–H groups in total. The summed E-state index contributed by atoms with van der Waals surface area (Å²) < 4.78 is 6.97. The van der Waals surface area contributed by atoms with Crippen LogP contribution in [0.15, 0.2) is 58.5 Å². The average molecular weight is 410 g/mol. The number of carbonyl (C=O) groups excluding carboxylic acids is 1. The summed E-state index contributed by atoms with van der Waals surface area (Å²) in [5, 5.41) is 1.11. The van der Waals surface area contributed by atoms with Crippen molar-refractivity contribution in [1.82, 2.24) is 14.5 Å². The molecule has 29 heavy (non-hydrogen) atoms. The van der Waals surface area contributed by atoms with E-state index in [0.717, 1.165) is 17.7 Å². The maximum atomic E-state index is 13.4. The summed E-state index contributed by atoms with van der Waals surface area (Å²) in [4.78, 5) is 32.5. The van der Waals surface area contributed by atoms with Crippen molar-refractivity contribution in [2.24, 2.45) is 0 Å². The Labute approximate surface area is 173 Å². The van der Waals surface area contributed by atoms with E-state index < -0.39 is 0 Å². The lowest BCUT2D eigenvalue weighted by Crippen LogP contribution is -2.41. The van der Waals surface area contributed by atoms with Gasteiger partial charge in [0.2, 0.25) is 5.91 Å². The van der Waals surface area contributed by atoms with Gasteiger partial charge in [0.1, 0.15) is 0 Å². The molecule has 1 aliphatic rings. The zero-order valence-corrected chi connectivity index (χ0v) is 17.2. The van der Waals surface area contributed by atoms with Gasteiger partial charge in [0, 0.05) is 13.1 Å². The highest BCUT2D eigenvalue weighted by atomic mass is 32.2. The number of hydrogen-bond donors (Lipinski definition) is 0. The Morgan fingerprint density at radius 1 is 1.10 bits per heavy atom. The van der Waals surface area contributed by atoms with Gasteiger partial charge >= 0.3 is 0 Å². The molecule has 150 valence electrons. The SMILES string of the molecule is CCc1ccccc1-n1c(SCC(=O)N2CCOCC2)nc2ccccc2c1=O. The van der Waals surface area contributed by atoms with Crippen LogP contribution in [-0.2, 0) is 16.0 Å². The Morgan fingerprint density at radius 3 is 2.62 bits per heavy atom. The first-order valence-electron chi connectivity index (χ1n) is 9.77. The third-order valence-electron chi connectivity index (χ3n) is 5.05. The van der Waals surface area contributed by atoms with Crippen LogP contribution in [-0.4, -0.2) is 52.4 Å². The van der Waals surface area contributed by atoms with E-state index in [0.29, 0.717) is 42.4 Å². The lowest BCUT2D eigenvalue weighted by Gasteiger charge is -2.26. The molecule has 1 fully saturated rings. The van der Waals surface area contributed by atoms with Crippen LogP contribution in [0.2, 0.25) is 0 Å². The largest absolute Gasteiger partial charge is 0.378 e. The van der Waals surface area contributed by atoms with Crippen LogP contribution in [0.4, 0.5) is 0 Å². The lowest BCUT2D eigenvalue weighted by molar-refractivity contribution is -0.132. The second kappa shape index (κ2) is 8.80. The smallest absolute Gasteiger partial charge is 0.266 e. The van der Waals surface area contributed by atoms with Crippen molar-refractivity contribution < 1.29 is 9.53 Å². The number of fused-ring (bicyclic) bond motifs is 1. The molecule has 1 amide bonds. The molecule has 0 bridgehead atoms. The number of morpholine rings is 1. The Kier molecular flexibility index (Phi) is 5.97. The van der Waals surface area contributed by atoms with Crippen LogP contribution in [0.25, 0.3) is 16.6 Å². The zero-order chi connectivity index (χ0) is 20.2. The number of nitrogens with zero attached hydrogens (tertiary/aromatic N) is 3. The van der Waals surface area contributed by atoms with Gasteiger partial charge in [-0.15, -0.1) is 0 Å². The molecule has 0 radical (unpaired) electrons. The first kappa shape index (κ1) is 19.7. The second-order valence-electron chi connectivity index (χ2n) is 6.82. The molecule has 6 nitrogen and oxygen atoms in total. The molecular weight excluding hydrogens is 386 g/mol. The summed E-state index contributed by atoms with van der Waals surface area (Å²) in [5.41, 5.74) is 2.41. The summed E-state index contributed by atoms with van der Waals surface area (Å²) >= 11 is 1.31. The van der Waals surface area contributed by atoms with E-state index in [2.05, 4.69) is 6.92 Å². The third-order valence-corrected chi connectivity index (χ3v) is 5.97. The number of aryl methyl sites for hydroxylation is 1. The van der Waals surface area contributed by atoms with Crippen LogP contribution in [0.5, 0.6) is 0 Å². The van der Waals surface area contributed by atoms with E-state index in [1.165, 1.54) is 11.8 Å². The first-order valence-corrected chi connectivity index (χ1v) is 10.8. The van der Waals surface area contributed by atoms with Crippen LogP contribution >= 0.6 is 11.8 Å². The Bertz CT molecular complexity index is 1090. The van der Waals surface area contributed by atoms with Gasteiger partial charge in [0.25, 0.3) is 5.56 Å². The number of ether oxygens (including phenoxy) is 1. The standard InChI is InChI=1S/C22H23N3O3S/c1-2-16-7-3-6-10-19(16)25-21(27)17-8-4-5-9-18(17)23-22(25)29-15-20(26)24-11-13-28-14-12-24/h3-10H,2,11-15H2,1H3. The normalized spacial score (nSPS) is 14.3. The molecule has 2 heterocycles. The summed E-state index contributed by atoms with van der Waals surface area (Å²) in [6.45, 7) is 4.41. The van der Waals surface area contributed by atoms with E-state index in [-0.39, 0.29) is 17.2 Å². The highest BCUT2D eigenvalue weighted by molar-refractivity contribution is 7.99. The van der Waals surface area contributed by atoms with Crippen molar-refractivity contribution in [2.45, 2.75) is 18.5 Å². The Balaban J connectivity index is 1.75. The van der Waals surface area contributed by atoms with Crippen molar-refractivity contribution in [3.63, 3.8) is 0 Å². The molecule has 0 aliphatic carbocycles. The number of thioether (sulfide) groups is 1. The van der Waals surface area contributed by atoms with E-state index in [1.54, 1.807) is 15.5 Å². The number of hydrogen-bond acceptors (Lipinski definition) is 5. The van der Waals surface area contributed by atoms with Gasteiger partial charge in [0.05, 0.1) is 35.6 Å². The number of amides is 1. The van der Waals surface area contributed by atoms with E-state index in [1.807, 2.05) is 42.5 Å². The fraction of sp³-hybridized carbons (Fsp3) is 0.318. The third kappa shape index (κ3) is 4.06. The highest BCUT2D eigenvalue weighted by Crippen LogP contribution is 2.24. The minimum Gasteiger partial charge on any atom is -0.378 e. The molecule has 0 saturated carbocycles. The van der Waals surface area contributed by atoms with Crippen LogP contribution in [0.3, 0.4) is 0 Å². The van der Waals surface area contributed by atoms with Crippen molar-refractivity contribution in [2.75, 3.05) is 32.1 Å². The number of benzene rings is 2. The zero-order valence-electron chi connectivity index (χ0n) is 16.3. The number of aromatic nitrogens is 2. The maximum absolute atomic E-state index is 13.4. The maximum Gasteiger partial charge on any atom is 0.266 e. The van der Waals surface area contributed by atoms with E-state index in [4.69, 9.17) is 9.72 Å². The quantitative estimate of drug-likeness (QED) is 0.479.